The molecule has 7 nitrogen and oxygen atoms in total. The van der Waals surface area contributed by atoms with Gasteiger partial charge in [0.2, 0.25) is 11.0 Å². The molecule has 0 aliphatic heterocycles. The highest BCUT2D eigenvalue weighted by atomic mass is 32.1. The number of carbonyl (C=O) groups excluding carboxylic acids is 1. The molecule has 3 aromatic heterocycles. The van der Waals surface area contributed by atoms with Crippen LogP contribution in [0.15, 0.2) is 11.1 Å². The number of carbonyl (C=O) groups is 1. The number of hydrogen-bond donors (Lipinski definition) is 1. The molecule has 164 valence electrons. The first-order valence-electron chi connectivity index (χ1n) is 11.3. The molecule has 0 aromatic carbocycles. The Bertz CT molecular complexity index is 1160. The number of amides is 1. The van der Waals surface area contributed by atoms with E-state index in [0.717, 1.165) is 47.5 Å². The molecule has 1 amide bonds. The second-order valence-electron chi connectivity index (χ2n) is 8.54. The first kappa shape index (κ1) is 20.8. The molecule has 3 heterocycles. The first-order valence-corrected chi connectivity index (χ1v) is 12.9. The number of anilines is 1. The van der Waals surface area contributed by atoms with Crippen LogP contribution in [0.4, 0.5) is 5.13 Å². The van der Waals surface area contributed by atoms with E-state index < -0.39 is 6.04 Å². The van der Waals surface area contributed by atoms with E-state index in [1.54, 1.807) is 11.3 Å². The van der Waals surface area contributed by atoms with E-state index in [1.165, 1.54) is 52.8 Å². The van der Waals surface area contributed by atoms with Gasteiger partial charge in [-0.1, -0.05) is 37.5 Å². The fraction of sp³-hybridized carbons (Fsp3) is 0.591. The van der Waals surface area contributed by atoms with Crippen LogP contribution in [-0.4, -0.2) is 25.7 Å². The number of hydrogen-bond acceptors (Lipinski definition) is 7. The Hall–Kier alpha value is -2.13. The van der Waals surface area contributed by atoms with Gasteiger partial charge < -0.3 is 0 Å². The van der Waals surface area contributed by atoms with E-state index in [0.29, 0.717) is 22.9 Å². The predicted octanol–water partition coefficient (Wildman–Crippen LogP) is 4.83. The van der Waals surface area contributed by atoms with Gasteiger partial charge in [0.1, 0.15) is 15.9 Å². The number of thiophene rings is 1. The van der Waals surface area contributed by atoms with E-state index in [1.807, 2.05) is 6.92 Å². The highest BCUT2D eigenvalue weighted by Gasteiger charge is 2.26. The fourth-order valence-electron chi connectivity index (χ4n) is 4.88. The maximum atomic E-state index is 13.4. The molecule has 1 N–H and O–H groups in total. The van der Waals surface area contributed by atoms with Gasteiger partial charge in [-0.2, -0.15) is 0 Å². The molecule has 0 spiro atoms. The van der Waals surface area contributed by atoms with Gasteiger partial charge in [0.25, 0.3) is 5.56 Å². The van der Waals surface area contributed by atoms with Gasteiger partial charge in [0.15, 0.2) is 0 Å². The Kier molecular flexibility index (Phi) is 5.88. The largest absolute Gasteiger partial charge is 0.299 e. The second kappa shape index (κ2) is 8.78. The van der Waals surface area contributed by atoms with Crippen LogP contribution < -0.4 is 10.9 Å². The number of rotatable bonds is 5. The van der Waals surface area contributed by atoms with Crippen LogP contribution in [0.25, 0.3) is 10.2 Å². The van der Waals surface area contributed by atoms with E-state index in [-0.39, 0.29) is 11.5 Å². The number of fused-ring (bicyclic) bond motifs is 3. The van der Waals surface area contributed by atoms with Crippen molar-refractivity contribution in [3.63, 3.8) is 0 Å². The standard InChI is InChI=1S/C22H27N5O2S2/c1-2-15(18(28)24-22-26-25-19(31-22)13-8-4-3-5-9-13)27-12-23-20-17(21(27)29)14-10-6-7-11-16(14)30-20/h12-13,15H,2-11H2,1H3,(H,24,26,28). The minimum atomic E-state index is -0.620. The predicted molar refractivity (Wildman–Crippen MR) is 124 cm³/mol. The molecule has 1 fully saturated rings. The van der Waals surface area contributed by atoms with Gasteiger partial charge >= 0.3 is 0 Å². The van der Waals surface area contributed by atoms with E-state index >= 15 is 0 Å². The molecule has 2 aliphatic carbocycles. The molecule has 9 heteroatoms. The third-order valence-electron chi connectivity index (χ3n) is 6.55. The molecular formula is C22H27N5O2S2. The fourth-order valence-corrected chi connectivity index (χ4v) is 7.01. The van der Waals surface area contributed by atoms with Gasteiger partial charge in [-0.25, -0.2) is 4.98 Å². The van der Waals surface area contributed by atoms with Crippen LogP contribution in [0.5, 0.6) is 0 Å². The van der Waals surface area contributed by atoms with Gasteiger partial charge in [-0.3, -0.25) is 19.5 Å². The van der Waals surface area contributed by atoms with Crippen molar-refractivity contribution in [3.8, 4) is 0 Å². The summed E-state index contributed by atoms with van der Waals surface area (Å²) in [6.45, 7) is 1.91. The molecule has 5 rings (SSSR count). The van der Waals surface area contributed by atoms with Crippen LogP contribution in [0, 0.1) is 0 Å². The van der Waals surface area contributed by atoms with Crippen molar-refractivity contribution in [2.24, 2.45) is 0 Å². The number of aromatic nitrogens is 4. The second-order valence-corrected chi connectivity index (χ2v) is 10.6. The summed E-state index contributed by atoms with van der Waals surface area (Å²) in [7, 11) is 0. The summed E-state index contributed by atoms with van der Waals surface area (Å²) in [6, 6.07) is -0.620. The molecule has 3 aromatic rings. The van der Waals surface area contributed by atoms with E-state index in [9.17, 15) is 9.59 Å². The molecule has 2 aliphatic rings. The summed E-state index contributed by atoms with van der Waals surface area (Å²) >= 11 is 3.09. The van der Waals surface area contributed by atoms with Crippen LogP contribution in [0.2, 0.25) is 0 Å². The first-order chi connectivity index (χ1) is 15.2. The Balaban J connectivity index is 1.40. The van der Waals surface area contributed by atoms with E-state index in [4.69, 9.17) is 0 Å². The normalized spacial score (nSPS) is 18.1. The zero-order valence-corrected chi connectivity index (χ0v) is 19.4. The zero-order chi connectivity index (χ0) is 21.4. The van der Waals surface area contributed by atoms with Gasteiger partial charge in [-0.15, -0.1) is 21.5 Å². The third kappa shape index (κ3) is 3.93. The smallest absolute Gasteiger partial charge is 0.263 e. The lowest BCUT2D eigenvalue weighted by atomic mass is 9.90. The van der Waals surface area contributed by atoms with Crippen molar-refractivity contribution in [1.82, 2.24) is 19.7 Å². The lowest BCUT2D eigenvalue weighted by Crippen LogP contribution is -2.33. The average Bonchev–Trinajstić information content (AvgIpc) is 3.41. The summed E-state index contributed by atoms with van der Waals surface area (Å²) in [5.74, 6) is 0.221. The number of nitrogens with zero attached hydrogens (tertiary/aromatic N) is 4. The molecule has 0 bridgehead atoms. The lowest BCUT2D eigenvalue weighted by Gasteiger charge is -2.18. The van der Waals surface area contributed by atoms with Crippen molar-refractivity contribution < 1.29 is 4.79 Å². The molecule has 1 unspecified atom stereocenters. The summed E-state index contributed by atoms with van der Waals surface area (Å²) in [4.78, 5) is 33.1. The SMILES string of the molecule is CCC(C(=O)Nc1nnc(C2CCCCC2)s1)n1cnc2sc3c(c2c1=O)CCCC3. The maximum Gasteiger partial charge on any atom is 0.263 e. The summed E-state index contributed by atoms with van der Waals surface area (Å²) in [5, 5.41) is 13.7. The van der Waals surface area contributed by atoms with Crippen LogP contribution in [0.3, 0.4) is 0 Å². The minimum Gasteiger partial charge on any atom is -0.299 e. The van der Waals surface area contributed by atoms with E-state index in [2.05, 4.69) is 20.5 Å². The van der Waals surface area contributed by atoms with Crippen LogP contribution >= 0.6 is 22.7 Å². The summed E-state index contributed by atoms with van der Waals surface area (Å²) in [5.41, 5.74) is 1.04. The van der Waals surface area contributed by atoms with Crippen molar-refractivity contribution in [1.29, 1.82) is 0 Å². The quantitative estimate of drug-likeness (QED) is 0.593. The highest BCUT2D eigenvalue weighted by molar-refractivity contribution is 7.18. The Labute approximate surface area is 188 Å². The zero-order valence-electron chi connectivity index (χ0n) is 17.7. The third-order valence-corrected chi connectivity index (χ3v) is 8.75. The Morgan fingerprint density at radius 2 is 1.97 bits per heavy atom. The monoisotopic (exact) mass is 457 g/mol. The summed E-state index contributed by atoms with van der Waals surface area (Å²) < 4.78 is 1.50. The lowest BCUT2D eigenvalue weighted by molar-refractivity contribution is -0.119. The molecule has 0 saturated heterocycles. The molecule has 1 atom stereocenters. The van der Waals surface area contributed by atoms with Gasteiger partial charge in [-0.05, 0) is 50.5 Å². The maximum absolute atomic E-state index is 13.4. The van der Waals surface area contributed by atoms with Crippen molar-refractivity contribution >= 4 is 43.9 Å². The topological polar surface area (TPSA) is 89.8 Å². The minimum absolute atomic E-state index is 0.105. The van der Waals surface area contributed by atoms with Crippen molar-refractivity contribution in [2.45, 2.75) is 83.1 Å². The molecule has 1 saturated carbocycles. The van der Waals surface area contributed by atoms with Crippen LogP contribution in [0.1, 0.15) is 85.7 Å². The van der Waals surface area contributed by atoms with Crippen molar-refractivity contribution in [3.05, 3.63) is 32.1 Å². The average molecular weight is 458 g/mol. The highest BCUT2D eigenvalue weighted by Crippen LogP contribution is 2.36. The van der Waals surface area contributed by atoms with Crippen molar-refractivity contribution in [2.75, 3.05) is 5.32 Å². The molecule has 31 heavy (non-hydrogen) atoms. The van der Waals surface area contributed by atoms with Gasteiger partial charge in [0.05, 0.1) is 11.7 Å². The van der Waals surface area contributed by atoms with Crippen LogP contribution in [-0.2, 0) is 17.6 Å². The number of nitrogens with one attached hydrogen (secondary N) is 1. The molecular weight excluding hydrogens is 430 g/mol. The number of aryl methyl sites for hydroxylation is 2. The Morgan fingerprint density at radius 3 is 2.77 bits per heavy atom. The Morgan fingerprint density at radius 1 is 1.16 bits per heavy atom. The molecule has 0 radical (unpaired) electrons. The summed E-state index contributed by atoms with van der Waals surface area (Å²) in [6.07, 6.45) is 12.3. The van der Waals surface area contributed by atoms with Gasteiger partial charge in [0, 0.05) is 10.8 Å².